The average Bonchev–Trinajstić information content (AvgIpc) is 2.51. The molecule has 3 nitrogen and oxygen atoms in total. The molecule has 1 atom stereocenters. The average molecular weight is 289 g/mol. The summed E-state index contributed by atoms with van der Waals surface area (Å²) in [5, 5.41) is 3.25. The first-order valence-electron chi connectivity index (χ1n) is 6.93. The molecule has 2 aromatic rings. The summed E-state index contributed by atoms with van der Waals surface area (Å²) in [6, 6.07) is 12.6. The molecule has 4 heteroatoms. The number of hydrogen-bond acceptors (Lipinski definition) is 3. The molecule has 0 aliphatic rings. The Labute approximate surface area is 124 Å². The van der Waals surface area contributed by atoms with Gasteiger partial charge in [-0.1, -0.05) is 24.3 Å². The van der Waals surface area contributed by atoms with Crippen LogP contribution < -0.4 is 14.8 Å². The molecular weight excluding hydrogens is 269 g/mol. The third-order valence-electron chi connectivity index (χ3n) is 3.33. The van der Waals surface area contributed by atoms with Crippen LogP contribution in [0.4, 0.5) is 4.39 Å². The Balaban J connectivity index is 2.44. The highest BCUT2D eigenvalue weighted by Gasteiger charge is 2.18. The Bertz CT molecular complexity index is 601. The van der Waals surface area contributed by atoms with Crippen molar-refractivity contribution < 1.29 is 13.9 Å². The molecule has 112 valence electrons. The van der Waals surface area contributed by atoms with Crippen LogP contribution in [-0.4, -0.2) is 20.8 Å². The Kier molecular flexibility index (Phi) is 5.17. The summed E-state index contributed by atoms with van der Waals surface area (Å²) in [6.45, 7) is 2.55. The second kappa shape index (κ2) is 7.09. The molecule has 0 saturated carbocycles. The minimum Gasteiger partial charge on any atom is -0.494 e. The van der Waals surface area contributed by atoms with Gasteiger partial charge in [0.05, 0.1) is 19.8 Å². The van der Waals surface area contributed by atoms with Gasteiger partial charge in [0.1, 0.15) is 5.75 Å². The molecule has 2 aromatic carbocycles. The van der Waals surface area contributed by atoms with E-state index in [4.69, 9.17) is 9.47 Å². The SMILES string of the molecule is CCOc1ccccc1C(NC)c1ccc(F)c(OC)c1. The lowest BCUT2D eigenvalue weighted by molar-refractivity contribution is 0.334. The Morgan fingerprint density at radius 1 is 1.14 bits per heavy atom. The topological polar surface area (TPSA) is 30.5 Å². The van der Waals surface area contributed by atoms with Crippen LogP contribution in [0.5, 0.6) is 11.5 Å². The number of methoxy groups -OCH3 is 1. The lowest BCUT2D eigenvalue weighted by atomic mass is 9.97. The van der Waals surface area contributed by atoms with Crippen molar-refractivity contribution in [3.05, 3.63) is 59.4 Å². The van der Waals surface area contributed by atoms with Crippen LogP contribution in [0.2, 0.25) is 0 Å². The summed E-state index contributed by atoms with van der Waals surface area (Å²) in [5.41, 5.74) is 1.93. The van der Waals surface area contributed by atoms with E-state index in [0.29, 0.717) is 6.61 Å². The van der Waals surface area contributed by atoms with E-state index in [-0.39, 0.29) is 17.6 Å². The Morgan fingerprint density at radius 3 is 2.57 bits per heavy atom. The molecule has 0 bridgehead atoms. The van der Waals surface area contributed by atoms with Crippen molar-refractivity contribution in [3.63, 3.8) is 0 Å². The van der Waals surface area contributed by atoms with Gasteiger partial charge in [-0.25, -0.2) is 4.39 Å². The molecule has 1 N–H and O–H groups in total. The van der Waals surface area contributed by atoms with Gasteiger partial charge in [-0.3, -0.25) is 0 Å². The van der Waals surface area contributed by atoms with Crippen LogP contribution in [0.15, 0.2) is 42.5 Å². The summed E-state index contributed by atoms with van der Waals surface area (Å²) < 4.78 is 24.3. The third kappa shape index (κ3) is 3.34. The molecule has 2 rings (SSSR count). The normalized spacial score (nSPS) is 12.0. The van der Waals surface area contributed by atoms with E-state index < -0.39 is 0 Å². The molecule has 21 heavy (non-hydrogen) atoms. The molecule has 0 heterocycles. The number of ether oxygens (including phenoxy) is 2. The van der Waals surface area contributed by atoms with Gasteiger partial charge in [0.25, 0.3) is 0 Å². The molecule has 0 fully saturated rings. The van der Waals surface area contributed by atoms with Crippen LogP contribution in [0.1, 0.15) is 24.1 Å². The zero-order valence-corrected chi connectivity index (χ0v) is 12.5. The second-order valence-electron chi connectivity index (χ2n) is 4.59. The number of benzene rings is 2. The molecule has 0 aliphatic heterocycles. The van der Waals surface area contributed by atoms with Crippen molar-refractivity contribution in [2.45, 2.75) is 13.0 Å². The molecule has 0 spiro atoms. The number of hydrogen-bond donors (Lipinski definition) is 1. The highest BCUT2D eigenvalue weighted by molar-refractivity contribution is 5.43. The zero-order chi connectivity index (χ0) is 15.2. The molecule has 0 amide bonds. The summed E-state index contributed by atoms with van der Waals surface area (Å²) in [4.78, 5) is 0. The zero-order valence-electron chi connectivity index (χ0n) is 12.5. The van der Waals surface area contributed by atoms with E-state index >= 15 is 0 Å². The Morgan fingerprint density at radius 2 is 1.90 bits per heavy atom. The maximum Gasteiger partial charge on any atom is 0.165 e. The lowest BCUT2D eigenvalue weighted by Gasteiger charge is -2.21. The van der Waals surface area contributed by atoms with Gasteiger partial charge in [-0.05, 0) is 37.7 Å². The van der Waals surface area contributed by atoms with E-state index in [9.17, 15) is 4.39 Å². The van der Waals surface area contributed by atoms with E-state index in [1.807, 2.05) is 38.2 Å². The Hall–Kier alpha value is -2.07. The van der Waals surface area contributed by atoms with Crippen LogP contribution in [0, 0.1) is 5.82 Å². The van der Waals surface area contributed by atoms with E-state index in [0.717, 1.165) is 16.9 Å². The van der Waals surface area contributed by atoms with Crippen molar-refractivity contribution in [2.75, 3.05) is 20.8 Å². The van der Waals surface area contributed by atoms with Gasteiger partial charge in [-0.2, -0.15) is 0 Å². The molecule has 0 aliphatic carbocycles. The van der Waals surface area contributed by atoms with Gasteiger partial charge in [0.2, 0.25) is 0 Å². The van der Waals surface area contributed by atoms with E-state index in [1.54, 1.807) is 12.1 Å². The van der Waals surface area contributed by atoms with E-state index in [2.05, 4.69) is 5.32 Å². The van der Waals surface area contributed by atoms with Crippen molar-refractivity contribution in [2.24, 2.45) is 0 Å². The van der Waals surface area contributed by atoms with Gasteiger partial charge in [0.15, 0.2) is 11.6 Å². The van der Waals surface area contributed by atoms with Gasteiger partial charge < -0.3 is 14.8 Å². The first kappa shape index (κ1) is 15.3. The second-order valence-corrected chi connectivity index (χ2v) is 4.59. The van der Waals surface area contributed by atoms with Crippen LogP contribution in [0.3, 0.4) is 0 Å². The first-order valence-corrected chi connectivity index (χ1v) is 6.93. The largest absolute Gasteiger partial charge is 0.494 e. The fourth-order valence-corrected chi connectivity index (χ4v) is 2.36. The monoisotopic (exact) mass is 289 g/mol. The number of para-hydroxylation sites is 1. The maximum atomic E-state index is 13.6. The van der Waals surface area contributed by atoms with E-state index in [1.165, 1.54) is 13.2 Å². The third-order valence-corrected chi connectivity index (χ3v) is 3.33. The predicted octanol–water partition coefficient (Wildman–Crippen LogP) is 3.54. The first-order chi connectivity index (χ1) is 10.2. The van der Waals surface area contributed by atoms with Crippen molar-refractivity contribution in [1.29, 1.82) is 0 Å². The fraction of sp³-hybridized carbons (Fsp3) is 0.294. The number of halogens is 1. The summed E-state index contributed by atoms with van der Waals surface area (Å²) >= 11 is 0. The maximum absolute atomic E-state index is 13.6. The van der Waals surface area contributed by atoms with Crippen LogP contribution in [0.25, 0.3) is 0 Å². The predicted molar refractivity (Wildman–Crippen MR) is 81.5 cm³/mol. The number of rotatable bonds is 6. The van der Waals surface area contributed by atoms with Gasteiger partial charge in [0, 0.05) is 5.56 Å². The highest BCUT2D eigenvalue weighted by atomic mass is 19.1. The molecular formula is C17H20FNO2. The standard InChI is InChI=1S/C17H20FNO2/c1-4-21-15-8-6-5-7-13(15)17(19-2)12-9-10-14(18)16(11-12)20-3/h5-11,17,19H,4H2,1-3H3. The van der Waals surface area contributed by atoms with Crippen molar-refractivity contribution in [1.82, 2.24) is 5.32 Å². The summed E-state index contributed by atoms with van der Waals surface area (Å²) in [5.74, 6) is 0.693. The summed E-state index contributed by atoms with van der Waals surface area (Å²) in [7, 11) is 3.33. The van der Waals surface area contributed by atoms with Crippen molar-refractivity contribution in [3.8, 4) is 11.5 Å². The smallest absolute Gasteiger partial charge is 0.165 e. The summed E-state index contributed by atoms with van der Waals surface area (Å²) in [6.07, 6.45) is 0. The number of nitrogens with one attached hydrogen (secondary N) is 1. The fourth-order valence-electron chi connectivity index (χ4n) is 2.36. The van der Waals surface area contributed by atoms with Gasteiger partial charge >= 0.3 is 0 Å². The van der Waals surface area contributed by atoms with Crippen molar-refractivity contribution >= 4 is 0 Å². The van der Waals surface area contributed by atoms with Crippen LogP contribution in [-0.2, 0) is 0 Å². The minimum atomic E-state index is -0.366. The molecule has 0 saturated heterocycles. The van der Waals surface area contributed by atoms with Crippen LogP contribution >= 0.6 is 0 Å². The van der Waals surface area contributed by atoms with Gasteiger partial charge in [-0.15, -0.1) is 0 Å². The molecule has 0 aromatic heterocycles. The minimum absolute atomic E-state index is 0.0951. The highest BCUT2D eigenvalue weighted by Crippen LogP contribution is 2.32. The quantitative estimate of drug-likeness (QED) is 0.882. The molecule has 0 radical (unpaired) electrons. The lowest BCUT2D eigenvalue weighted by Crippen LogP contribution is -2.18. The molecule has 1 unspecified atom stereocenters.